The van der Waals surface area contributed by atoms with E-state index < -0.39 is 15.9 Å². The average molecular weight is 370 g/mol. The zero-order valence-corrected chi connectivity index (χ0v) is 15.5. The molecule has 0 saturated carbocycles. The number of nitrogens with one attached hydrogen (secondary N) is 1. The summed E-state index contributed by atoms with van der Waals surface area (Å²) < 4.78 is 28.7. The maximum absolute atomic E-state index is 12.6. The number of sulfone groups is 1. The minimum atomic E-state index is -3.07. The van der Waals surface area contributed by atoms with Crippen LogP contribution in [0, 0.1) is 0 Å². The van der Waals surface area contributed by atoms with Gasteiger partial charge >= 0.3 is 6.03 Å². The largest absolute Gasteiger partial charge is 0.494 e. The van der Waals surface area contributed by atoms with Gasteiger partial charge in [-0.05, 0) is 26.3 Å². The number of nitrogens with zero attached hydrogens (tertiary/aromatic N) is 1. The molecule has 0 spiro atoms. The Hall–Kier alpha value is -1.80. The fourth-order valence-electron chi connectivity index (χ4n) is 2.85. The van der Waals surface area contributed by atoms with Gasteiger partial charge in [-0.3, -0.25) is 0 Å². The van der Waals surface area contributed by atoms with E-state index in [4.69, 9.17) is 4.74 Å². The van der Waals surface area contributed by atoms with E-state index in [0.717, 1.165) is 5.56 Å². The molecule has 2 atom stereocenters. The first-order valence-corrected chi connectivity index (χ1v) is 10.3. The lowest BCUT2D eigenvalue weighted by atomic mass is 10.2. The van der Waals surface area contributed by atoms with Gasteiger partial charge < -0.3 is 20.1 Å². The number of hydrogen-bond acceptors (Lipinski definition) is 5. The van der Waals surface area contributed by atoms with Crippen LogP contribution >= 0.6 is 0 Å². The number of carbonyl (C=O) groups is 1. The van der Waals surface area contributed by atoms with Crippen molar-refractivity contribution in [1.82, 2.24) is 10.2 Å². The van der Waals surface area contributed by atoms with Crippen molar-refractivity contribution in [3.8, 4) is 5.75 Å². The molecule has 0 aliphatic carbocycles. The molecule has 7 nitrogen and oxygen atoms in total. The summed E-state index contributed by atoms with van der Waals surface area (Å²) in [6.45, 7) is 4.42. The van der Waals surface area contributed by atoms with Crippen LogP contribution in [0.25, 0.3) is 0 Å². The number of hydrogen-bond donors (Lipinski definition) is 2. The van der Waals surface area contributed by atoms with Crippen molar-refractivity contribution in [1.29, 1.82) is 0 Å². The van der Waals surface area contributed by atoms with E-state index in [0.29, 0.717) is 18.8 Å². The van der Waals surface area contributed by atoms with E-state index in [2.05, 4.69) is 5.32 Å². The molecule has 1 saturated heterocycles. The second-order valence-electron chi connectivity index (χ2n) is 6.32. The van der Waals surface area contributed by atoms with Crippen LogP contribution in [0.1, 0.15) is 25.8 Å². The molecule has 0 bridgehead atoms. The highest BCUT2D eigenvalue weighted by Gasteiger charge is 2.30. The number of para-hydroxylation sites is 1. The summed E-state index contributed by atoms with van der Waals surface area (Å²) in [6, 6.07) is 6.66. The third kappa shape index (κ3) is 5.89. The number of ether oxygens (including phenoxy) is 1. The van der Waals surface area contributed by atoms with Gasteiger partial charge in [0.15, 0.2) is 9.84 Å². The van der Waals surface area contributed by atoms with E-state index in [9.17, 15) is 18.3 Å². The van der Waals surface area contributed by atoms with Crippen LogP contribution in [0.3, 0.4) is 0 Å². The molecule has 0 unspecified atom stereocenters. The van der Waals surface area contributed by atoms with E-state index in [-0.39, 0.29) is 36.7 Å². The Morgan fingerprint density at radius 2 is 2.16 bits per heavy atom. The fraction of sp³-hybridized carbons (Fsp3) is 0.588. The lowest BCUT2D eigenvalue weighted by molar-refractivity contribution is 0.128. The average Bonchev–Trinajstić information content (AvgIpc) is 2.87. The molecule has 1 aliphatic heterocycles. The van der Waals surface area contributed by atoms with Gasteiger partial charge in [-0.1, -0.05) is 18.2 Å². The molecule has 140 valence electrons. The second kappa shape index (κ2) is 8.53. The first-order valence-electron chi connectivity index (χ1n) is 8.45. The van der Waals surface area contributed by atoms with Crippen LogP contribution in [0.2, 0.25) is 0 Å². The number of amides is 2. The van der Waals surface area contributed by atoms with E-state index in [1.165, 1.54) is 4.90 Å². The third-order valence-corrected chi connectivity index (χ3v) is 5.73. The van der Waals surface area contributed by atoms with E-state index in [1.807, 2.05) is 31.2 Å². The molecule has 0 aromatic heterocycles. The highest BCUT2D eigenvalue weighted by atomic mass is 32.2. The number of rotatable bonds is 7. The van der Waals surface area contributed by atoms with Gasteiger partial charge in [0.05, 0.1) is 30.8 Å². The smallest absolute Gasteiger partial charge is 0.318 e. The SMILES string of the molecule is CCOc1ccccc1CN(C[C@@H](C)O)C(=O)N[C@@H]1CCS(=O)(=O)C1. The zero-order valence-electron chi connectivity index (χ0n) is 14.6. The summed E-state index contributed by atoms with van der Waals surface area (Å²) in [5.41, 5.74) is 0.833. The molecule has 1 aromatic carbocycles. The van der Waals surface area contributed by atoms with Crippen molar-refractivity contribution in [3.05, 3.63) is 29.8 Å². The summed E-state index contributed by atoms with van der Waals surface area (Å²) in [5, 5.41) is 12.5. The molecule has 1 aromatic rings. The van der Waals surface area contributed by atoms with Crippen molar-refractivity contribution >= 4 is 15.9 Å². The molecule has 0 radical (unpaired) electrons. The van der Waals surface area contributed by atoms with Crippen molar-refractivity contribution in [2.45, 2.75) is 39.0 Å². The van der Waals surface area contributed by atoms with E-state index in [1.54, 1.807) is 6.92 Å². The van der Waals surface area contributed by atoms with Crippen LogP contribution in [0.5, 0.6) is 5.75 Å². The number of aliphatic hydroxyl groups excluding tert-OH is 1. The molecular weight excluding hydrogens is 344 g/mol. The maximum atomic E-state index is 12.6. The van der Waals surface area contributed by atoms with Crippen LogP contribution in [-0.4, -0.2) is 61.3 Å². The number of aliphatic hydroxyl groups is 1. The molecule has 2 amide bonds. The predicted octanol–water partition coefficient (Wildman–Crippen LogP) is 1.16. The number of benzene rings is 1. The van der Waals surface area contributed by atoms with Crippen LogP contribution < -0.4 is 10.1 Å². The van der Waals surface area contributed by atoms with Crippen LogP contribution in [0.15, 0.2) is 24.3 Å². The third-order valence-electron chi connectivity index (χ3n) is 3.97. The Morgan fingerprint density at radius 3 is 2.76 bits per heavy atom. The lowest BCUT2D eigenvalue weighted by Crippen LogP contribution is -2.47. The normalized spacial score (nSPS) is 20.0. The quantitative estimate of drug-likeness (QED) is 0.751. The predicted molar refractivity (Wildman–Crippen MR) is 95.3 cm³/mol. The summed E-state index contributed by atoms with van der Waals surface area (Å²) in [4.78, 5) is 14.1. The monoisotopic (exact) mass is 370 g/mol. The Bertz CT molecular complexity index is 690. The first kappa shape index (κ1) is 19.5. The van der Waals surface area contributed by atoms with Crippen molar-refractivity contribution in [3.63, 3.8) is 0 Å². The molecular formula is C17H26N2O5S. The van der Waals surface area contributed by atoms with Gasteiger partial charge in [0.25, 0.3) is 0 Å². The van der Waals surface area contributed by atoms with Gasteiger partial charge in [-0.15, -0.1) is 0 Å². The molecule has 25 heavy (non-hydrogen) atoms. The van der Waals surface area contributed by atoms with Crippen LogP contribution in [0.4, 0.5) is 4.79 Å². The van der Waals surface area contributed by atoms with E-state index >= 15 is 0 Å². The Morgan fingerprint density at radius 1 is 1.44 bits per heavy atom. The first-order chi connectivity index (χ1) is 11.8. The summed E-state index contributed by atoms with van der Waals surface area (Å²) in [7, 11) is -3.07. The van der Waals surface area contributed by atoms with Gasteiger partial charge in [0, 0.05) is 18.2 Å². The van der Waals surface area contributed by atoms with Gasteiger partial charge in [0.1, 0.15) is 5.75 Å². The summed E-state index contributed by atoms with van der Waals surface area (Å²) >= 11 is 0. The van der Waals surface area contributed by atoms with Gasteiger partial charge in [-0.25, -0.2) is 13.2 Å². The number of carbonyl (C=O) groups excluding carboxylic acids is 1. The lowest BCUT2D eigenvalue weighted by Gasteiger charge is -2.26. The van der Waals surface area contributed by atoms with Crippen molar-refractivity contribution < 1.29 is 23.1 Å². The van der Waals surface area contributed by atoms with Crippen LogP contribution in [-0.2, 0) is 16.4 Å². The molecule has 1 fully saturated rings. The topological polar surface area (TPSA) is 95.9 Å². The second-order valence-corrected chi connectivity index (χ2v) is 8.55. The number of urea groups is 1. The Labute approximate surface area is 148 Å². The molecule has 2 rings (SSSR count). The molecule has 1 aliphatic rings. The highest BCUT2D eigenvalue weighted by Crippen LogP contribution is 2.20. The molecule has 8 heteroatoms. The van der Waals surface area contributed by atoms with Gasteiger partial charge in [-0.2, -0.15) is 0 Å². The summed E-state index contributed by atoms with van der Waals surface area (Å²) in [5.74, 6) is 0.759. The summed E-state index contributed by atoms with van der Waals surface area (Å²) in [6.07, 6.45) is -0.274. The van der Waals surface area contributed by atoms with Crippen molar-refractivity contribution in [2.75, 3.05) is 24.7 Å². The molecule has 2 N–H and O–H groups in total. The zero-order chi connectivity index (χ0) is 18.4. The standard InChI is InChI=1S/C17H26N2O5S/c1-3-24-16-7-5-4-6-14(16)11-19(10-13(2)20)17(21)18-15-8-9-25(22,23)12-15/h4-7,13,15,20H,3,8-12H2,1-2H3,(H,18,21)/t13-,15-/m1/s1. The highest BCUT2D eigenvalue weighted by molar-refractivity contribution is 7.91. The van der Waals surface area contributed by atoms with Crippen molar-refractivity contribution in [2.24, 2.45) is 0 Å². The molecule has 1 heterocycles. The Kier molecular flexibility index (Phi) is 6.66. The van der Waals surface area contributed by atoms with Gasteiger partial charge in [0.2, 0.25) is 0 Å². The maximum Gasteiger partial charge on any atom is 0.318 e. The minimum Gasteiger partial charge on any atom is -0.494 e. The minimum absolute atomic E-state index is 0.0310. The fourth-order valence-corrected chi connectivity index (χ4v) is 4.52. The Balaban J connectivity index is 2.09.